The number of nitrogens with zero attached hydrogens (tertiary/aromatic N) is 3. The molecule has 1 saturated heterocycles. The predicted octanol–water partition coefficient (Wildman–Crippen LogP) is 6.84. The van der Waals surface area contributed by atoms with E-state index in [0.717, 1.165) is 34.2 Å². The van der Waals surface area contributed by atoms with Crippen LogP contribution in [-0.2, 0) is 0 Å². The molecule has 1 N–H and O–H groups in total. The molecule has 5 aromatic rings. The number of nitrogens with one attached hydrogen (secondary N) is 1. The normalized spacial score (nSPS) is 16.9. The van der Waals surface area contributed by atoms with Crippen molar-refractivity contribution in [1.29, 1.82) is 0 Å². The Labute approximate surface area is 233 Å². The molecule has 3 aromatic carbocycles. The lowest BCUT2D eigenvalue weighted by Crippen LogP contribution is -2.30. The minimum atomic E-state index is -0.162. The van der Waals surface area contributed by atoms with E-state index in [1.807, 2.05) is 42.6 Å². The maximum absolute atomic E-state index is 5.98. The summed E-state index contributed by atoms with van der Waals surface area (Å²) >= 11 is 5.98. The molecule has 2 aromatic heterocycles. The third-order valence-corrected chi connectivity index (χ3v) is 7.86. The predicted molar refractivity (Wildman–Crippen MR) is 160 cm³/mol. The Balaban J connectivity index is 1.56. The van der Waals surface area contributed by atoms with Gasteiger partial charge in [-0.3, -0.25) is 4.98 Å². The standard InChI is InChI=1S/C32H30N4O2S/c1-20-18-25(21(2)35(20)27-14-9-11-22-10-5-6-12-24(22)27)31-30(26-13-7-8-17-33-26)34-32(39)36(31)28-16-15-23(37-3)19-29(28)38-4/h5-19,30-31H,1-4H3,(H,34,39)/t30-,31-/m1/s1. The van der Waals surface area contributed by atoms with E-state index in [2.05, 4.69) is 77.2 Å². The Morgan fingerprint density at radius 1 is 0.846 bits per heavy atom. The van der Waals surface area contributed by atoms with E-state index in [0.29, 0.717) is 10.9 Å². The zero-order chi connectivity index (χ0) is 27.1. The van der Waals surface area contributed by atoms with Crippen LogP contribution in [0, 0.1) is 13.8 Å². The van der Waals surface area contributed by atoms with Crippen LogP contribution in [0.2, 0.25) is 0 Å². The lowest BCUT2D eigenvalue weighted by molar-refractivity contribution is 0.394. The maximum Gasteiger partial charge on any atom is 0.174 e. The van der Waals surface area contributed by atoms with Gasteiger partial charge in [-0.05, 0) is 73.4 Å². The maximum atomic E-state index is 5.98. The monoisotopic (exact) mass is 534 g/mol. The highest BCUT2D eigenvalue weighted by molar-refractivity contribution is 7.80. The fourth-order valence-electron chi connectivity index (χ4n) is 5.78. The SMILES string of the molecule is COc1ccc(N2C(=S)N[C@H](c3ccccn3)[C@H]2c2cc(C)n(-c3cccc4ccccc34)c2C)c(OC)c1. The summed E-state index contributed by atoms with van der Waals surface area (Å²) < 4.78 is 13.6. The van der Waals surface area contributed by atoms with Crippen molar-refractivity contribution in [1.82, 2.24) is 14.9 Å². The number of methoxy groups -OCH3 is 2. The quantitative estimate of drug-likeness (QED) is 0.241. The van der Waals surface area contributed by atoms with Gasteiger partial charge in [0.25, 0.3) is 0 Å². The number of pyridine rings is 1. The fraction of sp³-hybridized carbons (Fsp3) is 0.188. The first-order chi connectivity index (χ1) is 19.0. The Bertz CT molecular complexity index is 1680. The summed E-state index contributed by atoms with van der Waals surface area (Å²) in [5, 5.41) is 6.61. The van der Waals surface area contributed by atoms with Gasteiger partial charge in [0.1, 0.15) is 11.5 Å². The van der Waals surface area contributed by atoms with Crippen molar-refractivity contribution in [2.45, 2.75) is 25.9 Å². The van der Waals surface area contributed by atoms with Crippen LogP contribution >= 0.6 is 12.2 Å². The average molecular weight is 535 g/mol. The van der Waals surface area contributed by atoms with E-state index in [4.69, 9.17) is 26.7 Å². The summed E-state index contributed by atoms with van der Waals surface area (Å²) in [6.45, 7) is 4.34. The molecule has 0 bridgehead atoms. The van der Waals surface area contributed by atoms with Gasteiger partial charge in [0.15, 0.2) is 5.11 Å². The lowest BCUT2D eigenvalue weighted by atomic mass is 9.96. The van der Waals surface area contributed by atoms with E-state index in [9.17, 15) is 0 Å². The van der Waals surface area contributed by atoms with Gasteiger partial charge in [-0.15, -0.1) is 0 Å². The zero-order valence-corrected chi connectivity index (χ0v) is 23.2. The molecule has 1 aliphatic heterocycles. The van der Waals surface area contributed by atoms with E-state index in [1.54, 1.807) is 14.2 Å². The molecule has 3 heterocycles. The second kappa shape index (κ2) is 10.1. The van der Waals surface area contributed by atoms with Crippen molar-refractivity contribution in [3.05, 3.63) is 114 Å². The van der Waals surface area contributed by atoms with Gasteiger partial charge in [-0.2, -0.15) is 0 Å². The number of hydrogen-bond donors (Lipinski definition) is 1. The summed E-state index contributed by atoms with van der Waals surface area (Å²) in [4.78, 5) is 6.88. The number of hydrogen-bond acceptors (Lipinski definition) is 4. The van der Waals surface area contributed by atoms with Crippen LogP contribution in [0.15, 0.2) is 91.1 Å². The van der Waals surface area contributed by atoms with Crippen LogP contribution < -0.4 is 19.7 Å². The Hall–Kier alpha value is -4.36. The Kier molecular flexibility index (Phi) is 6.45. The fourth-order valence-corrected chi connectivity index (χ4v) is 6.11. The number of anilines is 1. The molecule has 0 radical (unpaired) electrons. The van der Waals surface area contributed by atoms with Gasteiger partial charge in [0.2, 0.25) is 0 Å². The molecule has 0 aliphatic carbocycles. The summed E-state index contributed by atoms with van der Waals surface area (Å²) in [5.41, 5.74) is 6.42. The van der Waals surface area contributed by atoms with Crippen molar-refractivity contribution in [3.63, 3.8) is 0 Å². The topological polar surface area (TPSA) is 51.5 Å². The number of aromatic nitrogens is 2. The van der Waals surface area contributed by atoms with Gasteiger partial charge in [0.05, 0.1) is 43.4 Å². The third-order valence-electron chi connectivity index (χ3n) is 7.54. The summed E-state index contributed by atoms with van der Waals surface area (Å²) in [5.74, 6) is 1.41. The third kappa shape index (κ3) is 4.19. The Morgan fingerprint density at radius 3 is 2.41 bits per heavy atom. The van der Waals surface area contributed by atoms with Gasteiger partial charge in [-0.1, -0.05) is 42.5 Å². The smallest absolute Gasteiger partial charge is 0.174 e. The molecule has 1 fully saturated rings. The van der Waals surface area contributed by atoms with Gasteiger partial charge < -0.3 is 24.3 Å². The molecular formula is C32H30N4O2S. The number of fused-ring (bicyclic) bond motifs is 1. The van der Waals surface area contributed by atoms with Crippen molar-refractivity contribution in [2.75, 3.05) is 19.1 Å². The lowest BCUT2D eigenvalue weighted by Gasteiger charge is -2.29. The van der Waals surface area contributed by atoms with Crippen LogP contribution in [0.5, 0.6) is 11.5 Å². The molecule has 0 saturated carbocycles. The molecule has 7 heteroatoms. The number of aryl methyl sites for hydroxylation is 1. The zero-order valence-electron chi connectivity index (χ0n) is 22.4. The number of benzene rings is 3. The highest BCUT2D eigenvalue weighted by Crippen LogP contribution is 2.47. The molecule has 0 spiro atoms. The molecule has 0 unspecified atom stereocenters. The minimum Gasteiger partial charge on any atom is -0.497 e. The summed E-state index contributed by atoms with van der Waals surface area (Å²) in [7, 11) is 3.32. The van der Waals surface area contributed by atoms with Crippen molar-refractivity contribution >= 4 is 33.8 Å². The first-order valence-corrected chi connectivity index (χ1v) is 13.3. The van der Waals surface area contributed by atoms with Crippen molar-refractivity contribution in [3.8, 4) is 17.2 Å². The highest BCUT2D eigenvalue weighted by atomic mass is 32.1. The number of rotatable bonds is 6. The summed E-state index contributed by atoms with van der Waals surface area (Å²) in [6.07, 6.45) is 1.83. The van der Waals surface area contributed by atoms with Gasteiger partial charge in [0, 0.05) is 29.0 Å². The van der Waals surface area contributed by atoms with Crippen LogP contribution in [0.1, 0.15) is 34.7 Å². The molecule has 39 heavy (non-hydrogen) atoms. The molecule has 0 amide bonds. The second-order valence-corrected chi connectivity index (χ2v) is 10.1. The second-order valence-electron chi connectivity index (χ2n) is 9.69. The molecule has 6 rings (SSSR count). The van der Waals surface area contributed by atoms with E-state index >= 15 is 0 Å². The molecule has 1 aliphatic rings. The highest BCUT2D eigenvalue weighted by Gasteiger charge is 2.43. The first kappa shape index (κ1) is 24.9. The number of thiocarbonyl (C=S) groups is 1. The molecule has 2 atom stereocenters. The minimum absolute atomic E-state index is 0.160. The van der Waals surface area contributed by atoms with Crippen LogP contribution in [0.4, 0.5) is 5.69 Å². The first-order valence-electron chi connectivity index (χ1n) is 12.9. The van der Waals surface area contributed by atoms with E-state index in [1.165, 1.54) is 16.3 Å². The van der Waals surface area contributed by atoms with Crippen LogP contribution in [-0.4, -0.2) is 28.9 Å². The van der Waals surface area contributed by atoms with Crippen molar-refractivity contribution < 1.29 is 9.47 Å². The van der Waals surface area contributed by atoms with Gasteiger partial charge in [-0.25, -0.2) is 0 Å². The molecule has 196 valence electrons. The Morgan fingerprint density at radius 2 is 1.64 bits per heavy atom. The summed E-state index contributed by atoms with van der Waals surface area (Å²) in [6, 6.07) is 28.7. The molecule has 6 nitrogen and oxygen atoms in total. The van der Waals surface area contributed by atoms with Crippen LogP contribution in [0.3, 0.4) is 0 Å². The largest absolute Gasteiger partial charge is 0.497 e. The van der Waals surface area contributed by atoms with Gasteiger partial charge >= 0.3 is 0 Å². The average Bonchev–Trinajstić information content (AvgIpc) is 3.47. The van der Waals surface area contributed by atoms with E-state index in [-0.39, 0.29) is 12.1 Å². The number of ether oxygens (including phenoxy) is 2. The molecular weight excluding hydrogens is 504 g/mol. The van der Waals surface area contributed by atoms with Crippen LogP contribution in [0.25, 0.3) is 16.5 Å². The van der Waals surface area contributed by atoms with E-state index < -0.39 is 0 Å². The van der Waals surface area contributed by atoms with Crippen molar-refractivity contribution in [2.24, 2.45) is 0 Å².